The molecule has 0 spiro atoms. The van der Waals surface area contributed by atoms with Gasteiger partial charge in [0.15, 0.2) is 0 Å². The average molecular weight is 632 g/mol. The van der Waals surface area contributed by atoms with Gasteiger partial charge in [-0.25, -0.2) is 0 Å². The Kier molecular flexibility index (Phi) is 10.4. The van der Waals surface area contributed by atoms with Gasteiger partial charge in [-0.15, -0.1) is 19.3 Å². The third-order valence-electron chi connectivity index (χ3n) is 7.67. The summed E-state index contributed by atoms with van der Waals surface area (Å²) < 4.78 is 23.0. The lowest BCUT2D eigenvalue weighted by atomic mass is 9.70. The molecule has 1 aliphatic heterocycles. The summed E-state index contributed by atoms with van der Waals surface area (Å²) in [7, 11) is 0. The van der Waals surface area contributed by atoms with Crippen molar-refractivity contribution in [1.82, 2.24) is 0 Å². The van der Waals surface area contributed by atoms with E-state index < -0.39 is 5.41 Å². The predicted molar refractivity (Wildman–Crippen MR) is 189 cm³/mol. The lowest BCUT2D eigenvalue weighted by Crippen LogP contribution is -2.42. The van der Waals surface area contributed by atoms with E-state index in [0.29, 0.717) is 34.5 Å². The Morgan fingerprint density at radius 2 is 1.35 bits per heavy atom. The number of hydrogen-bond donors (Lipinski definition) is 0. The fourth-order valence-electron chi connectivity index (χ4n) is 5.52. The van der Waals surface area contributed by atoms with Crippen LogP contribution in [0.3, 0.4) is 0 Å². The minimum Gasteiger partial charge on any atom is -0.482 e. The van der Waals surface area contributed by atoms with Crippen LogP contribution in [0.2, 0.25) is 0 Å². The number of para-hydroxylation sites is 1. The smallest absolute Gasteiger partial charge is 0.247 e. The fourth-order valence-corrected chi connectivity index (χ4v) is 5.52. The minimum absolute atomic E-state index is 0.132. The summed E-state index contributed by atoms with van der Waals surface area (Å²) in [4.78, 5) is 16.2. The first-order valence-electron chi connectivity index (χ1n) is 15.1. The summed E-state index contributed by atoms with van der Waals surface area (Å²) in [6.45, 7) is 6.14. The van der Waals surface area contributed by atoms with Gasteiger partial charge in [-0.2, -0.15) is 0 Å². The van der Waals surface area contributed by atoms with Crippen molar-refractivity contribution in [1.29, 1.82) is 0 Å². The van der Waals surface area contributed by atoms with E-state index in [9.17, 15) is 4.79 Å². The molecule has 48 heavy (non-hydrogen) atoms. The molecule has 0 radical (unpaired) electrons. The summed E-state index contributed by atoms with van der Waals surface area (Å²) >= 11 is 0. The van der Waals surface area contributed by atoms with Crippen molar-refractivity contribution in [2.24, 2.45) is 0 Å². The molecule has 1 heterocycles. The first-order chi connectivity index (χ1) is 23.4. The van der Waals surface area contributed by atoms with Gasteiger partial charge in [0.05, 0.1) is 6.54 Å². The van der Waals surface area contributed by atoms with Crippen molar-refractivity contribution in [3.05, 3.63) is 150 Å². The maximum Gasteiger partial charge on any atom is 0.247 e. The highest BCUT2D eigenvalue weighted by Crippen LogP contribution is 2.50. The lowest BCUT2D eigenvalue weighted by Gasteiger charge is -2.30. The highest BCUT2D eigenvalue weighted by Gasteiger charge is 2.53. The van der Waals surface area contributed by atoms with Crippen LogP contribution in [0.1, 0.15) is 23.6 Å². The normalized spacial score (nSPS) is 15.2. The largest absolute Gasteiger partial charge is 0.482 e. The molecule has 1 aliphatic rings. The van der Waals surface area contributed by atoms with E-state index in [0.717, 1.165) is 22.4 Å². The number of benzene rings is 4. The number of fused-ring (bicyclic) bond motifs is 1. The maximum atomic E-state index is 14.6. The number of hydrogen-bond acceptors (Lipinski definition) is 5. The maximum absolute atomic E-state index is 14.6. The van der Waals surface area contributed by atoms with E-state index in [-0.39, 0.29) is 25.7 Å². The van der Waals surface area contributed by atoms with Gasteiger partial charge < -0.3 is 18.9 Å². The number of amides is 1. The van der Waals surface area contributed by atoms with Gasteiger partial charge in [0, 0.05) is 11.3 Å². The molecule has 1 atom stereocenters. The van der Waals surface area contributed by atoms with E-state index in [2.05, 4.69) is 24.3 Å². The number of carbonyl (C=O) groups excluding carboxylic acids is 1. The molecule has 4 aromatic rings. The molecular weight excluding hydrogens is 598 g/mol. The molecule has 0 saturated heterocycles. The fraction of sp³-hybridized carbons (Fsp3) is 0.119. The van der Waals surface area contributed by atoms with Crippen molar-refractivity contribution in [2.75, 3.05) is 24.7 Å². The second kappa shape index (κ2) is 15.2. The molecule has 0 aromatic heterocycles. The van der Waals surface area contributed by atoms with Crippen LogP contribution in [-0.4, -0.2) is 25.7 Å². The van der Waals surface area contributed by atoms with Crippen molar-refractivity contribution >= 4 is 11.6 Å². The van der Waals surface area contributed by atoms with Crippen molar-refractivity contribution in [3.8, 4) is 60.0 Å². The number of carbonyl (C=O) groups is 1. The van der Waals surface area contributed by atoms with Crippen LogP contribution in [-0.2, 0) is 14.9 Å². The molecule has 5 rings (SSSR count). The Morgan fingerprint density at radius 3 is 1.96 bits per heavy atom. The molecule has 0 bridgehead atoms. The van der Waals surface area contributed by atoms with Gasteiger partial charge in [-0.05, 0) is 90.9 Å². The molecule has 0 aliphatic carbocycles. The van der Waals surface area contributed by atoms with Crippen molar-refractivity contribution in [2.45, 2.75) is 12.3 Å². The van der Waals surface area contributed by atoms with Gasteiger partial charge in [-0.3, -0.25) is 9.69 Å². The van der Waals surface area contributed by atoms with Gasteiger partial charge in [0.25, 0.3) is 0 Å². The molecule has 1 unspecified atom stereocenters. The minimum atomic E-state index is -1.17. The topological polar surface area (TPSA) is 57.2 Å². The van der Waals surface area contributed by atoms with Crippen LogP contribution in [0.15, 0.2) is 133 Å². The van der Waals surface area contributed by atoms with Crippen molar-refractivity contribution in [3.63, 3.8) is 0 Å². The summed E-state index contributed by atoms with van der Waals surface area (Å²) in [6.07, 6.45) is 21.5. The Balaban J connectivity index is 1.48. The Hall–Kier alpha value is -6.55. The quantitative estimate of drug-likeness (QED) is 0.0856. The van der Waals surface area contributed by atoms with E-state index in [1.807, 2.05) is 85.8 Å². The van der Waals surface area contributed by atoms with E-state index in [4.69, 9.17) is 38.2 Å². The van der Waals surface area contributed by atoms with Gasteiger partial charge in [-0.1, -0.05) is 66.8 Å². The zero-order valence-electron chi connectivity index (χ0n) is 26.5. The Bertz CT molecular complexity index is 1970. The van der Waals surface area contributed by atoms with Crippen LogP contribution < -0.4 is 19.1 Å². The number of rotatable bonds is 13. The molecular formula is C42H33NO5. The Morgan fingerprint density at radius 1 is 0.771 bits per heavy atom. The lowest BCUT2D eigenvalue weighted by molar-refractivity contribution is -0.120. The molecule has 6 nitrogen and oxygen atoms in total. The van der Waals surface area contributed by atoms with Gasteiger partial charge >= 0.3 is 0 Å². The predicted octanol–water partition coefficient (Wildman–Crippen LogP) is 7.81. The summed E-state index contributed by atoms with van der Waals surface area (Å²) in [5.74, 6) is 10.8. The van der Waals surface area contributed by atoms with E-state index >= 15 is 0 Å². The zero-order valence-corrected chi connectivity index (χ0v) is 26.5. The summed E-state index contributed by atoms with van der Waals surface area (Å²) in [5.41, 5.74) is 1.95. The van der Waals surface area contributed by atoms with Gasteiger partial charge in [0.1, 0.15) is 53.1 Å². The average Bonchev–Trinajstić information content (AvgIpc) is 3.37. The monoisotopic (exact) mass is 631 g/mol. The molecule has 0 N–H and O–H groups in total. The van der Waals surface area contributed by atoms with Crippen molar-refractivity contribution < 1.29 is 23.7 Å². The summed E-state index contributed by atoms with van der Waals surface area (Å²) in [5, 5.41) is 0. The molecule has 1 amide bonds. The van der Waals surface area contributed by atoms with Crippen LogP contribution in [0.4, 0.5) is 5.69 Å². The second-order valence-electron chi connectivity index (χ2n) is 10.6. The van der Waals surface area contributed by atoms with Crippen LogP contribution in [0, 0.1) is 37.0 Å². The van der Waals surface area contributed by atoms with Gasteiger partial charge in [0.2, 0.25) is 5.91 Å². The second-order valence-corrected chi connectivity index (χ2v) is 10.6. The highest BCUT2D eigenvalue weighted by molar-refractivity contribution is 6.13. The summed E-state index contributed by atoms with van der Waals surface area (Å²) in [6, 6.07) is 29.9. The van der Waals surface area contributed by atoms with Crippen LogP contribution >= 0.6 is 0 Å². The zero-order chi connectivity index (χ0) is 33.9. The third kappa shape index (κ3) is 6.82. The number of terminal acetylenes is 3. The SMILES string of the molecule is C#CCOC(=C)/C=C\C(=C/C)Oc1ccc(C2(c3ccc(Oc4ccc(OCC#C)cc4)cc3)C(=O)N(CC#C)c3ccccc32)cc1. The Labute approximate surface area is 281 Å². The van der Waals surface area contributed by atoms with Crippen LogP contribution in [0.5, 0.6) is 23.0 Å². The van der Waals surface area contributed by atoms with Crippen LogP contribution in [0.25, 0.3) is 0 Å². The molecule has 236 valence electrons. The number of nitrogens with zero attached hydrogens (tertiary/aromatic N) is 1. The van der Waals surface area contributed by atoms with E-state index in [1.165, 1.54) is 0 Å². The third-order valence-corrected chi connectivity index (χ3v) is 7.67. The first kappa shape index (κ1) is 32.8. The molecule has 0 saturated carbocycles. The highest BCUT2D eigenvalue weighted by atomic mass is 16.5. The first-order valence-corrected chi connectivity index (χ1v) is 15.1. The standard InChI is InChI=1S/C42H33NO5/c1-6-28-43-40-13-11-10-12-39(40)42(41(43)44,32-15-20-36(21-16-32)47-34(9-4)19-14-31(5)45-29-7-2)33-17-22-37(23-18-33)48-38-26-24-35(25-27-38)46-30-8-3/h1-3,9-27H,5,28-30H2,4H3/b19-14-,34-9+. The molecule has 4 aromatic carbocycles. The number of anilines is 1. The van der Waals surface area contributed by atoms with E-state index in [1.54, 1.807) is 41.3 Å². The number of ether oxygens (including phenoxy) is 4. The molecule has 6 heteroatoms. The molecule has 0 fully saturated rings. The number of allylic oxidation sites excluding steroid dienone is 3.